The molecule has 1 aliphatic heterocycles. The van der Waals surface area contributed by atoms with Crippen LogP contribution >= 0.6 is 0 Å². The lowest BCUT2D eigenvalue weighted by molar-refractivity contribution is -0.0810. The summed E-state index contributed by atoms with van der Waals surface area (Å²) in [5.41, 5.74) is -0.367. The quantitative estimate of drug-likeness (QED) is 0.780. The van der Waals surface area contributed by atoms with E-state index in [1.807, 2.05) is 49.3 Å². The minimum absolute atomic E-state index is 0.102. The van der Waals surface area contributed by atoms with Crippen LogP contribution in [0, 0.1) is 0 Å². The summed E-state index contributed by atoms with van der Waals surface area (Å²) in [5.74, 6) is -0.942. The van der Waals surface area contributed by atoms with Crippen LogP contribution < -0.4 is 0 Å². The zero-order valence-electron chi connectivity index (χ0n) is 15.0. The molecule has 0 unspecified atom stereocenters. The summed E-state index contributed by atoms with van der Waals surface area (Å²) >= 11 is 0. The van der Waals surface area contributed by atoms with Crippen LogP contribution in [0.1, 0.15) is 22.3 Å². The van der Waals surface area contributed by atoms with Crippen molar-refractivity contribution < 1.29 is 20.1 Å². The Kier molecular flexibility index (Phi) is 4.89. The molecule has 0 aliphatic carbocycles. The third-order valence-corrected chi connectivity index (χ3v) is 5.13. The first-order valence-corrected chi connectivity index (χ1v) is 8.59. The Balaban J connectivity index is 1.90. The number of aliphatic hydroxyl groups is 1. The van der Waals surface area contributed by atoms with Gasteiger partial charge in [0.25, 0.3) is 5.91 Å². The molecule has 0 spiro atoms. The lowest BCUT2D eigenvalue weighted by Gasteiger charge is -2.47. The first-order chi connectivity index (χ1) is 12.3. The van der Waals surface area contributed by atoms with Crippen molar-refractivity contribution in [2.45, 2.75) is 18.1 Å². The van der Waals surface area contributed by atoms with E-state index in [2.05, 4.69) is 0 Å². The number of phenolic OH excluding ortho intramolecular Hbond substituents is 2. The highest BCUT2D eigenvalue weighted by atomic mass is 16.3. The molecule has 0 bridgehead atoms. The molecule has 6 heteroatoms. The fraction of sp³-hybridized carbons (Fsp3) is 0.350. The number of piperidine rings is 1. The van der Waals surface area contributed by atoms with Gasteiger partial charge in [0.05, 0.1) is 6.04 Å². The van der Waals surface area contributed by atoms with Gasteiger partial charge in [0.15, 0.2) is 0 Å². The smallest absolute Gasteiger partial charge is 0.261 e. The normalized spacial score (nSPS) is 23.2. The standard InChI is InChI=1S/C20H24N2O4/c1-21(2)17-13-22(19(25)18-15(23)9-6-10-16(18)24)12-11-20(17,26)14-7-4-3-5-8-14/h3-10,17,23-24,26H,11-13H2,1-2H3/t17-,20+/m1/s1. The molecule has 1 fully saturated rings. The summed E-state index contributed by atoms with van der Waals surface area (Å²) in [5, 5.41) is 31.3. The summed E-state index contributed by atoms with van der Waals surface area (Å²) in [7, 11) is 3.73. The highest BCUT2D eigenvalue weighted by Crippen LogP contribution is 2.37. The highest BCUT2D eigenvalue weighted by molar-refractivity contribution is 5.99. The predicted octanol–water partition coefficient (Wildman–Crippen LogP) is 1.76. The molecule has 138 valence electrons. The van der Waals surface area contributed by atoms with Crippen LogP contribution in [0.15, 0.2) is 48.5 Å². The Morgan fingerprint density at radius 2 is 1.69 bits per heavy atom. The number of likely N-dealkylation sites (tertiary alicyclic amines) is 1. The Labute approximate surface area is 152 Å². The van der Waals surface area contributed by atoms with Crippen molar-refractivity contribution >= 4 is 5.91 Å². The van der Waals surface area contributed by atoms with Gasteiger partial charge in [0, 0.05) is 13.1 Å². The van der Waals surface area contributed by atoms with E-state index in [9.17, 15) is 20.1 Å². The fourth-order valence-corrected chi connectivity index (χ4v) is 3.67. The van der Waals surface area contributed by atoms with Crippen molar-refractivity contribution in [1.82, 2.24) is 9.80 Å². The second kappa shape index (κ2) is 6.97. The van der Waals surface area contributed by atoms with Crippen LogP contribution in [0.25, 0.3) is 0 Å². The molecular weight excluding hydrogens is 332 g/mol. The van der Waals surface area contributed by atoms with Crippen LogP contribution in [-0.4, -0.2) is 64.3 Å². The molecule has 2 atom stereocenters. The van der Waals surface area contributed by atoms with Crippen LogP contribution in [0.2, 0.25) is 0 Å². The average molecular weight is 356 g/mol. The van der Waals surface area contributed by atoms with Crippen LogP contribution in [0.4, 0.5) is 0 Å². The number of carbonyl (C=O) groups is 1. The number of benzene rings is 2. The van der Waals surface area contributed by atoms with E-state index in [0.717, 1.165) is 5.56 Å². The molecule has 0 saturated carbocycles. The third kappa shape index (κ3) is 3.13. The number of hydrogen-bond acceptors (Lipinski definition) is 5. The molecule has 1 amide bonds. The second-order valence-corrected chi connectivity index (χ2v) is 6.94. The van der Waals surface area contributed by atoms with Gasteiger partial charge in [-0.15, -0.1) is 0 Å². The zero-order valence-corrected chi connectivity index (χ0v) is 15.0. The van der Waals surface area contributed by atoms with Crippen molar-refractivity contribution in [3.8, 4) is 11.5 Å². The monoisotopic (exact) mass is 356 g/mol. The molecule has 26 heavy (non-hydrogen) atoms. The molecule has 1 heterocycles. The Morgan fingerprint density at radius 1 is 1.08 bits per heavy atom. The van der Waals surface area contributed by atoms with Crippen molar-refractivity contribution in [1.29, 1.82) is 0 Å². The summed E-state index contributed by atoms with van der Waals surface area (Å²) in [6.45, 7) is 0.605. The average Bonchev–Trinajstić information content (AvgIpc) is 2.62. The minimum atomic E-state index is -1.08. The third-order valence-electron chi connectivity index (χ3n) is 5.13. The number of aromatic hydroxyl groups is 2. The van der Waals surface area contributed by atoms with E-state index in [-0.39, 0.29) is 29.6 Å². The van der Waals surface area contributed by atoms with Gasteiger partial charge in [-0.25, -0.2) is 0 Å². The Morgan fingerprint density at radius 3 is 2.27 bits per heavy atom. The highest BCUT2D eigenvalue weighted by Gasteiger charge is 2.45. The van der Waals surface area contributed by atoms with E-state index < -0.39 is 11.5 Å². The number of hydrogen-bond donors (Lipinski definition) is 3. The van der Waals surface area contributed by atoms with Crippen LogP contribution in [-0.2, 0) is 5.60 Å². The number of carbonyl (C=O) groups excluding carboxylic acids is 1. The van der Waals surface area contributed by atoms with Gasteiger partial charge in [-0.3, -0.25) is 4.79 Å². The molecular formula is C20H24N2O4. The maximum atomic E-state index is 12.9. The van der Waals surface area contributed by atoms with E-state index in [4.69, 9.17) is 0 Å². The molecule has 1 aliphatic rings. The first kappa shape index (κ1) is 18.2. The van der Waals surface area contributed by atoms with Gasteiger partial charge in [-0.05, 0) is 38.2 Å². The number of nitrogens with zero attached hydrogens (tertiary/aromatic N) is 2. The van der Waals surface area contributed by atoms with Crippen molar-refractivity contribution in [3.05, 3.63) is 59.7 Å². The van der Waals surface area contributed by atoms with Gasteiger partial charge in [-0.1, -0.05) is 36.4 Å². The molecule has 2 aromatic rings. The van der Waals surface area contributed by atoms with Gasteiger partial charge in [0.1, 0.15) is 22.7 Å². The van der Waals surface area contributed by atoms with Crippen molar-refractivity contribution in [2.24, 2.45) is 0 Å². The van der Waals surface area contributed by atoms with E-state index in [0.29, 0.717) is 13.0 Å². The largest absolute Gasteiger partial charge is 0.507 e. The lowest BCUT2D eigenvalue weighted by Crippen LogP contribution is -2.60. The summed E-state index contributed by atoms with van der Waals surface area (Å²) < 4.78 is 0. The van der Waals surface area contributed by atoms with Gasteiger partial charge in [0.2, 0.25) is 0 Å². The molecule has 0 aromatic heterocycles. The zero-order chi connectivity index (χ0) is 18.9. The lowest BCUT2D eigenvalue weighted by atomic mass is 9.79. The van der Waals surface area contributed by atoms with Crippen molar-refractivity contribution in [3.63, 3.8) is 0 Å². The van der Waals surface area contributed by atoms with Crippen LogP contribution in [0.3, 0.4) is 0 Å². The fourth-order valence-electron chi connectivity index (χ4n) is 3.67. The Hall–Kier alpha value is -2.57. The van der Waals surface area contributed by atoms with Crippen molar-refractivity contribution in [2.75, 3.05) is 27.2 Å². The predicted molar refractivity (Wildman–Crippen MR) is 98.1 cm³/mol. The molecule has 0 radical (unpaired) electrons. The number of likely N-dealkylation sites (N-methyl/N-ethyl adjacent to an activating group) is 1. The summed E-state index contributed by atoms with van der Waals surface area (Å²) in [4.78, 5) is 16.3. The second-order valence-electron chi connectivity index (χ2n) is 6.94. The SMILES string of the molecule is CN(C)[C@@H]1CN(C(=O)c2c(O)cccc2O)CC[C@]1(O)c1ccccc1. The number of amides is 1. The molecule has 3 N–H and O–H groups in total. The van der Waals surface area contributed by atoms with E-state index in [1.165, 1.54) is 18.2 Å². The molecule has 3 rings (SSSR count). The maximum absolute atomic E-state index is 12.9. The summed E-state index contributed by atoms with van der Waals surface area (Å²) in [6.07, 6.45) is 0.361. The maximum Gasteiger partial charge on any atom is 0.261 e. The van der Waals surface area contributed by atoms with Gasteiger partial charge >= 0.3 is 0 Å². The van der Waals surface area contributed by atoms with Gasteiger partial charge in [-0.2, -0.15) is 0 Å². The number of phenols is 2. The molecule has 1 saturated heterocycles. The van der Waals surface area contributed by atoms with E-state index >= 15 is 0 Å². The minimum Gasteiger partial charge on any atom is -0.507 e. The first-order valence-electron chi connectivity index (χ1n) is 8.59. The molecule has 6 nitrogen and oxygen atoms in total. The number of rotatable bonds is 3. The molecule has 2 aromatic carbocycles. The Bertz CT molecular complexity index is 773. The summed E-state index contributed by atoms with van der Waals surface area (Å²) in [6, 6.07) is 13.4. The topological polar surface area (TPSA) is 84.2 Å². The van der Waals surface area contributed by atoms with Gasteiger partial charge < -0.3 is 25.1 Å². The van der Waals surface area contributed by atoms with Crippen LogP contribution in [0.5, 0.6) is 11.5 Å². The van der Waals surface area contributed by atoms with E-state index in [1.54, 1.807) is 4.90 Å².